The number of hydrogen-bond donors (Lipinski definition) is 1. The predicted molar refractivity (Wildman–Crippen MR) is 72.0 cm³/mol. The Balaban J connectivity index is 2.40. The number of aromatic nitrogens is 1. The van der Waals surface area contributed by atoms with Gasteiger partial charge in [0, 0.05) is 19.2 Å². The van der Waals surface area contributed by atoms with E-state index < -0.39 is 4.92 Å². The highest BCUT2D eigenvalue weighted by Gasteiger charge is 2.19. The van der Waals surface area contributed by atoms with Crippen molar-refractivity contribution >= 4 is 23.1 Å². The number of pyridine rings is 1. The van der Waals surface area contributed by atoms with Crippen LogP contribution in [0.15, 0.2) is 36.4 Å². The summed E-state index contributed by atoms with van der Waals surface area (Å²) in [6.45, 7) is 0. The summed E-state index contributed by atoms with van der Waals surface area (Å²) in [4.78, 5) is 14.5. The molecule has 0 bridgehead atoms. The SMILES string of the molecule is CNc1cccc(Oc2c(Cl)cccc2[N+](=O)[O-])n1. The fourth-order valence-electron chi connectivity index (χ4n) is 1.46. The summed E-state index contributed by atoms with van der Waals surface area (Å²) in [5, 5.41) is 13.9. The molecule has 0 radical (unpaired) electrons. The molecule has 2 rings (SSSR count). The number of nitro groups is 1. The van der Waals surface area contributed by atoms with E-state index in [0.29, 0.717) is 5.82 Å². The zero-order chi connectivity index (χ0) is 13.8. The minimum absolute atomic E-state index is 0.0186. The van der Waals surface area contributed by atoms with Gasteiger partial charge in [-0.3, -0.25) is 10.1 Å². The zero-order valence-electron chi connectivity index (χ0n) is 9.96. The van der Waals surface area contributed by atoms with Crippen LogP contribution in [-0.2, 0) is 0 Å². The molecule has 0 amide bonds. The topological polar surface area (TPSA) is 77.3 Å². The quantitative estimate of drug-likeness (QED) is 0.685. The van der Waals surface area contributed by atoms with Crippen LogP contribution in [0.4, 0.5) is 11.5 Å². The third kappa shape index (κ3) is 2.92. The maximum Gasteiger partial charge on any atom is 0.313 e. The smallest absolute Gasteiger partial charge is 0.313 e. The lowest BCUT2D eigenvalue weighted by Gasteiger charge is -2.08. The molecule has 1 N–H and O–H groups in total. The van der Waals surface area contributed by atoms with E-state index in [1.54, 1.807) is 25.2 Å². The molecule has 7 heteroatoms. The monoisotopic (exact) mass is 279 g/mol. The summed E-state index contributed by atoms with van der Waals surface area (Å²) < 4.78 is 5.42. The Hall–Kier alpha value is -2.34. The van der Waals surface area contributed by atoms with Gasteiger partial charge in [-0.1, -0.05) is 23.7 Å². The fraction of sp³-hybridized carbons (Fsp3) is 0.0833. The zero-order valence-corrected chi connectivity index (χ0v) is 10.7. The van der Waals surface area contributed by atoms with Crippen LogP contribution in [0.5, 0.6) is 11.6 Å². The minimum Gasteiger partial charge on any atom is -0.430 e. The van der Waals surface area contributed by atoms with Crippen molar-refractivity contribution in [1.82, 2.24) is 4.98 Å². The summed E-state index contributed by atoms with van der Waals surface area (Å²) in [6, 6.07) is 9.39. The lowest BCUT2D eigenvalue weighted by Crippen LogP contribution is -1.97. The molecular formula is C12H10ClN3O3. The van der Waals surface area contributed by atoms with E-state index in [1.807, 2.05) is 0 Å². The second kappa shape index (κ2) is 5.53. The second-order valence-corrected chi connectivity index (χ2v) is 3.97. The summed E-state index contributed by atoms with van der Waals surface area (Å²) in [6.07, 6.45) is 0. The lowest BCUT2D eigenvalue weighted by molar-refractivity contribution is -0.385. The fourth-order valence-corrected chi connectivity index (χ4v) is 1.67. The van der Waals surface area contributed by atoms with E-state index >= 15 is 0 Å². The van der Waals surface area contributed by atoms with Gasteiger partial charge in [-0.25, -0.2) is 0 Å². The molecule has 98 valence electrons. The molecule has 1 aromatic heterocycles. The molecule has 0 spiro atoms. The van der Waals surface area contributed by atoms with Gasteiger partial charge in [-0.15, -0.1) is 0 Å². The van der Waals surface area contributed by atoms with Gasteiger partial charge in [0.2, 0.25) is 11.6 Å². The molecule has 0 aliphatic rings. The first kappa shape index (κ1) is 13.1. The van der Waals surface area contributed by atoms with E-state index in [9.17, 15) is 10.1 Å². The van der Waals surface area contributed by atoms with E-state index in [0.717, 1.165) is 0 Å². The second-order valence-electron chi connectivity index (χ2n) is 3.56. The average Bonchev–Trinajstić information content (AvgIpc) is 2.41. The number of rotatable bonds is 4. The van der Waals surface area contributed by atoms with Crippen LogP contribution in [0.1, 0.15) is 0 Å². The Morgan fingerprint density at radius 2 is 2.05 bits per heavy atom. The Morgan fingerprint density at radius 3 is 2.74 bits per heavy atom. The van der Waals surface area contributed by atoms with Crippen LogP contribution in [0.3, 0.4) is 0 Å². The van der Waals surface area contributed by atoms with Crippen LogP contribution >= 0.6 is 11.6 Å². The van der Waals surface area contributed by atoms with Crippen molar-refractivity contribution in [3.63, 3.8) is 0 Å². The van der Waals surface area contributed by atoms with E-state index in [1.165, 1.54) is 18.2 Å². The Kier molecular flexibility index (Phi) is 3.82. The van der Waals surface area contributed by atoms with Crippen molar-refractivity contribution in [2.24, 2.45) is 0 Å². The molecule has 0 saturated heterocycles. The summed E-state index contributed by atoms with van der Waals surface area (Å²) >= 11 is 5.92. The number of halogens is 1. The molecular weight excluding hydrogens is 270 g/mol. The van der Waals surface area contributed by atoms with Crippen molar-refractivity contribution < 1.29 is 9.66 Å². The normalized spacial score (nSPS) is 10.0. The maximum atomic E-state index is 10.9. The van der Waals surface area contributed by atoms with E-state index in [4.69, 9.17) is 16.3 Å². The Labute approximate surface area is 114 Å². The lowest BCUT2D eigenvalue weighted by atomic mass is 10.3. The summed E-state index contributed by atoms with van der Waals surface area (Å²) in [5.41, 5.74) is -0.204. The third-order valence-electron chi connectivity index (χ3n) is 2.33. The maximum absolute atomic E-state index is 10.9. The molecule has 0 fully saturated rings. The highest BCUT2D eigenvalue weighted by atomic mass is 35.5. The van der Waals surface area contributed by atoms with Crippen molar-refractivity contribution in [2.45, 2.75) is 0 Å². The number of nitrogens with zero attached hydrogens (tertiary/aromatic N) is 2. The Morgan fingerprint density at radius 1 is 1.32 bits per heavy atom. The minimum atomic E-state index is -0.552. The molecule has 19 heavy (non-hydrogen) atoms. The van der Waals surface area contributed by atoms with Gasteiger partial charge in [-0.2, -0.15) is 4.98 Å². The van der Waals surface area contributed by atoms with Gasteiger partial charge >= 0.3 is 5.69 Å². The summed E-state index contributed by atoms with van der Waals surface area (Å²) in [5.74, 6) is 0.796. The molecule has 2 aromatic rings. The number of benzene rings is 1. The number of ether oxygens (including phenoxy) is 1. The van der Waals surface area contributed by atoms with Gasteiger partial charge in [0.15, 0.2) is 0 Å². The van der Waals surface area contributed by atoms with Crippen LogP contribution < -0.4 is 10.1 Å². The molecule has 0 aliphatic carbocycles. The van der Waals surface area contributed by atoms with Crippen molar-refractivity contribution in [3.8, 4) is 11.6 Å². The Bertz CT molecular complexity index is 619. The van der Waals surface area contributed by atoms with Crippen LogP contribution in [0.25, 0.3) is 0 Å². The highest BCUT2D eigenvalue weighted by molar-refractivity contribution is 6.32. The predicted octanol–water partition coefficient (Wildman–Crippen LogP) is 3.48. The van der Waals surface area contributed by atoms with Gasteiger partial charge in [0.05, 0.1) is 9.95 Å². The third-order valence-corrected chi connectivity index (χ3v) is 2.63. The molecule has 0 unspecified atom stereocenters. The molecule has 0 aliphatic heterocycles. The number of nitro benzene ring substituents is 1. The number of para-hydroxylation sites is 1. The van der Waals surface area contributed by atoms with Gasteiger partial charge < -0.3 is 10.1 Å². The average molecular weight is 280 g/mol. The van der Waals surface area contributed by atoms with Crippen LogP contribution in [-0.4, -0.2) is 17.0 Å². The van der Waals surface area contributed by atoms with Crippen LogP contribution in [0.2, 0.25) is 5.02 Å². The molecule has 0 atom stereocenters. The van der Waals surface area contributed by atoms with Crippen LogP contribution in [0, 0.1) is 10.1 Å². The molecule has 6 nitrogen and oxygen atoms in total. The number of anilines is 1. The van der Waals surface area contributed by atoms with Crippen molar-refractivity contribution in [3.05, 3.63) is 51.5 Å². The molecule has 0 saturated carbocycles. The van der Waals surface area contributed by atoms with E-state index in [2.05, 4.69) is 10.3 Å². The largest absolute Gasteiger partial charge is 0.430 e. The summed E-state index contributed by atoms with van der Waals surface area (Å²) in [7, 11) is 1.71. The molecule has 1 aromatic carbocycles. The standard InChI is InChI=1S/C12H10ClN3O3/c1-14-10-6-3-7-11(15-10)19-12-8(13)4-2-5-9(12)16(17)18/h2-7H,1H3,(H,14,15). The first-order valence-electron chi connectivity index (χ1n) is 5.37. The highest BCUT2D eigenvalue weighted by Crippen LogP contribution is 2.37. The van der Waals surface area contributed by atoms with E-state index in [-0.39, 0.29) is 22.3 Å². The number of hydrogen-bond acceptors (Lipinski definition) is 5. The van der Waals surface area contributed by atoms with Gasteiger partial charge in [0.1, 0.15) is 5.82 Å². The van der Waals surface area contributed by atoms with Gasteiger partial charge in [0.25, 0.3) is 0 Å². The number of nitrogens with one attached hydrogen (secondary N) is 1. The van der Waals surface area contributed by atoms with Crippen molar-refractivity contribution in [2.75, 3.05) is 12.4 Å². The van der Waals surface area contributed by atoms with Gasteiger partial charge in [-0.05, 0) is 12.1 Å². The first-order chi connectivity index (χ1) is 9.11. The first-order valence-corrected chi connectivity index (χ1v) is 5.75. The van der Waals surface area contributed by atoms with Crippen molar-refractivity contribution in [1.29, 1.82) is 0 Å². The molecule has 1 heterocycles.